The van der Waals surface area contributed by atoms with Crippen molar-refractivity contribution in [2.24, 2.45) is 23.2 Å². The van der Waals surface area contributed by atoms with E-state index in [4.69, 9.17) is 24.2 Å². The van der Waals surface area contributed by atoms with E-state index in [1.54, 1.807) is 13.2 Å². The van der Waals surface area contributed by atoms with Crippen LogP contribution < -0.4 is 14.8 Å². The number of carbonyl (C=O) groups excluding carboxylic acids is 2. The largest absolute Gasteiger partial charge is 0.497 e. The van der Waals surface area contributed by atoms with E-state index in [9.17, 15) is 19.5 Å². The number of amides is 2. The second kappa shape index (κ2) is 12.8. The highest BCUT2D eigenvalue weighted by molar-refractivity contribution is 5.90. The van der Waals surface area contributed by atoms with Crippen LogP contribution in [0.25, 0.3) is 11.0 Å². The standard InChI is InChI=1S/C33H46N4O7/c1-18(2)14-21-26-17-37(27(21)31(39)40)30(38)28(33(3,4)5)36-32(41)44-25-15-19(25)10-8-7-9-11-23-29(43-26)35-24-16-20(42-6)12-13-22(24)34-23/h12-13,16,18-19,21,25-28H,7-11,14-15,17H2,1-6H3,(H,36,41)(H,39,40). The number of aromatic nitrogens is 2. The molecule has 2 fully saturated rings. The van der Waals surface area contributed by atoms with Crippen molar-refractivity contribution in [2.75, 3.05) is 13.7 Å². The van der Waals surface area contributed by atoms with Gasteiger partial charge in [0, 0.05) is 12.0 Å². The van der Waals surface area contributed by atoms with E-state index in [0.29, 0.717) is 35.9 Å². The van der Waals surface area contributed by atoms with Crippen LogP contribution >= 0.6 is 0 Å². The molecule has 1 aromatic heterocycles. The zero-order valence-corrected chi connectivity index (χ0v) is 26.7. The highest BCUT2D eigenvalue weighted by Gasteiger charge is 2.52. The highest BCUT2D eigenvalue weighted by atomic mass is 16.6. The number of carboxylic acid groups (broad SMARTS) is 1. The van der Waals surface area contributed by atoms with Gasteiger partial charge in [-0.2, -0.15) is 0 Å². The smallest absolute Gasteiger partial charge is 0.408 e. The van der Waals surface area contributed by atoms with E-state index in [1.807, 2.05) is 46.8 Å². The third-order valence-corrected chi connectivity index (χ3v) is 9.02. The number of hydrogen-bond donors (Lipinski definition) is 2. The molecular weight excluding hydrogens is 564 g/mol. The Kier molecular flexibility index (Phi) is 9.23. The van der Waals surface area contributed by atoms with Crippen molar-refractivity contribution in [3.63, 3.8) is 0 Å². The minimum Gasteiger partial charge on any atom is -0.497 e. The lowest BCUT2D eigenvalue weighted by Crippen LogP contribution is -2.57. The van der Waals surface area contributed by atoms with Crippen molar-refractivity contribution in [1.82, 2.24) is 20.2 Å². The third-order valence-electron chi connectivity index (χ3n) is 9.02. The van der Waals surface area contributed by atoms with E-state index in [1.165, 1.54) is 4.90 Å². The molecule has 2 bridgehead atoms. The first kappa shape index (κ1) is 31.8. The van der Waals surface area contributed by atoms with Crippen LogP contribution in [0.1, 0.15) is 78.8 Å². The molecule has 11 nitrogen and oxygen atoms in total. The summed E-state index contributed by atoms with van der Waals surface area (Å²) >= 11 is 0. The molecule has 44 heavy (non-hydrogen) atoms. The van der Waals surface area contributed by atoms with Crippen LogP contribution in [0.4, 0.5) is 4.79 Å². The summed E-state index contributed by atoms with van der Waals surface area (Å²) in [6.07, 6.45) is 4.35. The number of fused-ring (bicyclic) bond motifs is 5. The molecule has 1 saturated heterocycles. The molecule has 5 rings (SSSR count). The molecular formula is C33H46N4O7. The molecule has 0 spiro atoms. The molecule has 6 atom stereocenters. The molecule has 1 aliphatic carbocycles. The van der Waals surface area contributed by atoms with Crippen molar-refractivity contribution in [1.29, 1.82) is 0 Å². The van der Waals surface area contributed by atoms with Crippen molar-refractivity contribution < 1.29 is 33.7 Å². The number of ether oxygens (including phenoxy) is 3. The lowest BCUT2D eigenvalue weighted by Gasteiger charge is -2.35. The lowest BCUT2D eigenvalue weighted by atomic mass is 9.85. The number of hydrogen-bond acceptors (Lipinski definition) is 8. The summed E-state index contributed by atoms with van der Waals surface area (Å²) in [5.74, 6) is -0.615. The number of nitrogens with one attached hydrogen (secondary N) is 1. The number of aliphatic carboxylic acids is 1. The second-order valence-corrected chi connectivity index (χ2v) is 14.0. The number of rotatable bonds is 4. The predicted octanol–water partition coefficient (Wildman–Crippen LogP) is 4.99. The minimum atomic E-state index is -1.13. The molecule has 2 aliphatic heterocycles. The Morgan fingerprint density at radius 3 is 2.57 bits per heavy atom. The van der Waals surface area contributed by atoms with Crippen LogP contribution in [-0.2, 0) is 20.7 Å². The summed E-state index contributed by atoms with van der Waals surface area (Å²) < 4.78 is 17.7. The maximum Gasteiger partial charge on any atom is 0.408 e. The van der Waals surface area contributed by atoms with Gasteiger partial charge in [-0.15, -0.1) is 0 Å². The number of methoxy groups -OCH3 is 1. The van der Waals surface area contributed by atoms with Gasteiger partial charge in [0.15, 0.2) is 0 Å². The molecule has 2 N–H and O–H groups in total. The van der Waals surface area contributed by atoms with Crippen LogP contribution in [0, 0.1) is 23.2 Å². The van der Waals surface area contributed by atoms with E-state index in [-0.39, 0.29) is 18.6 Å². The van der Waals surface area contributed by atoms with Gasteiger partial charge < -0.3 is 29.5 Å². The predicted molar refractivity (Wildman–Crippen MR) is 164 cm³/mol. The van der Waals surface area contributed by atoms with Gasteiger partial charge in [-0.1, -0.05) is 47.5 Å². The van der Waals surface area contributed by atoms with Gasteiger partial charge in [0.05, 0.1) is 24.7 Å². The first-order chi connectivity index (χ1) is 20.8. The average Bonchev–Trinajstić information content (AvgIpc) is 3.58. The van der Waals surface area contributed by atoms with Crippen LogP contribution in [0.3, 0.4) is 0 Å². The topological polar surface area (TPSA) is 140 Å². The summed E-state index contributed by atoms with van der Waals surface area (Å²) in [6.45, 7) is 9.62. The zero-order valence-electron chi connectivity index (χ0n) is 26.7. The van der Waals surface area contributed by atoms with Gasteiger partial charge in [0.1, 0.15) is 35.7 Å². The summed E-state index contributed by atoms with van der Waals surface area (Å²) in [7, 11) is 1.59. The highest BCUT2D eigenvalue weighted by Crippen LogP contribution is 2.39. The van der Waals surface area contributed by atoms with Gasteiger partial charge in [0.25, 0.3) is 0 Å². The Bertz CT molecular complexity index is 1390. The summed E-state index contributed by atoms with van der Waals surface area (Å²) in [5, 5.41) is 13.3. The monoisotopic (exact) mass is 610 g/mol. The maximum atomic E-state index is 14.2. The van der Waals surface area contributed by atoms with Crippen LogP contribution in [0.2, 0.25) is 0 Å². The fourth-order valence-corrected chi connectivity index (χ4v) is 6.60. The Labute approximate surface area is 259 Å². The Hall–Kier alpha value is -3.63. The molecule has 6 unspecified atom stereocenters. The third kappa shape index (κ3) is 7.02. The summed E-state index contributed by atoms with van der Waals surface area (Å²) in [5.41, 5.74) is 1.35. The maximum absolute atomic E-state index is 14.2. The summed E-state index contributed by atoms with van der Waals surface area (Å²) in [6, 6.07) is 3.40. The average molecular weight is 611 g/mol. The van der Waals surface area contributed by atoms with Crippen molar-refractivity contribution in [2.45, 2.75) is 104 Å². The number of benzene rings is 1. The molecule has 2 amide bonds. The number of nitrogens with zero attached hydrogens (tertiary/aromatic N) is 3. The molecule has 0 radical (unpaired) electrons. The fraction of sp³-hybridized carbons (Fsp3) is 0.667. The number of aryl methyl sites for hydroxylation is 1. The van der Waals surface area contributed by atoms with Gasteiger partial charge >= 0.3 is 12.1 Å². The van der Waals surface area contributed by atoms with Gasteiger partial charge in [-0.05, 0) is 61.5 Å². The van der Waals surface area contributed by atoms with Crippen molar-refractivity contribution in [3.05, 3.63) is 23.9 Å². The molecule has 1 saturated carbocycles. The van der Waals surface area contributed by atoms with E-state index in [0.717, 1.165) is 43.3 Å². The van der Waals surface area contributed by atoms with E-state index < -0.39 is 47.5 Å². The Morgan fingerprint density at radius 2 is 1.89 bits per heavy atom. The number of carboxylic acids is 1. The minimum absolute atomic E-state index is 0.0401. The lowest BCUT2D eigenvalue weighted by molar-refractivity contribution is -0.151. The summed E-state index contributed by atoms with van der Waals surface area (Å²) in [4.78, 5) is 51.2. The van der Waals surface area contributed by atoms with Crippen LogP contribution in [0.15, 0.2) is 18.2 Å². The molecule has 11 heteroatoms. The van der Waals surface area contributed by atoms with Crippen LogP contribution in [-0.4, -0.2) is 75.9 Å². The molecule has 3 aliphatic rings. The second-order valence-electron chi connectivity index (χ2n) is 14.0. The van der Waals surface area contributed by atoms with Gasteiger partial charge in [0.2, 0.25) is 11.8 Å². The number of alkyl carbamates (subject to hydrolysis) is 1. The van der Waals surface area contributed by atoms with Gasteiger partial charge in [-0.25, -0.2) is 19.6 Å². The molecule has 2 aromatic rings. The molecule has 3 heterocycles. The SMILES string of the molecule is COc1ccc2nc3c(nc2c1)OC1CN(C(=O)C(C(C)(C)C)NC(=O)OC2CC2CCCCC3)C(C(=O)O)C1CC(C)C. The van der Waals surface area contributed by atoms with Crippen molar-refractivity contribution in [3.8, 4) is 11.6 Å². The Morgan fingerprint density at radius 1 is 1.11 bits per heavy atom. The molecule has 240 valence electrons. The van der Waals surface area contributed by atoms with E-state index in [2.05, 4.69) is 5.32 Å². The van der Waals surface area contributed by atoms with Crippen LogP contribution in [0.5, 0.6) is 11.6 Å². The normalized spacial score (nSPS) is 28.2. The van der Waals surface area contributed by atoms with Gasteiger partial charge in [-0.3, -0.25) is 4.79 Å². The van der Waals surface area contributed by atoms with Crippen molar-refractivity contribution >= 4 is 29.0 Å². The quantitative estimate of drug-likeness (QED) is 0.490. The zero-order chi connectivity index (χ0) is 31.8. The van der Waals surface area contributed by atoms with E-state index >= 15 is 0 Å². The first-order valence-corrected chi connectivity index (χ1v) is 15.9. The molecule has 1 aromatic carbocycles. The first-order valence-electron chi connectivity index (χ1n) is 15.9. The number of carbonyl (C=O) groups is 3. The Balaban J connectivity index is 1.56. The fourth-order valence-electron chi connectivity index (χ4n) is 6.60.